The van der Waals surface area contributed by atoms with Gasteiger partial charge in [-0.25, -0.2) is 4.79 Å². The maximum absolute atomic E-state index is 11.2. The number of hydrogen-bond acceptors (Lipinski definition) is 3. The minimum Gasteiger partial charge on any atom is -0.466 e. The third-order valence-electron chi connectivity index (χ3n) is 2.67. The van der Waals surface area contributed by atoms with E-state index in [2.05, 4.69) is 37.3 Å². The summed E-state index contributed by atoms with van der Waals surface area (Å²) in [5, 5.41) is 0. The molecule has 0 aromatic heterocycles. The summed E-state index contributed by atoms with van der Waals surface area (Å²) in [6.07, 6.45) is 2.83. The molecule has 0 spiro atoms. The normalized spacial score (nSPS) is 12.7. The largest absolute Gasteiger partial charge is 0.466 e. The molecule has 0 bridgehead atoms. The number of carbonyl (C=O) groups is 1. The molecule has 16 heavy (non-hydrogen) atoms. The highest BCUT2D eigenvalue weighted by Gasteiger charge is 2.12. The minimum atomic E-state index is -0.236. The van der Waals surface area contributed by atoms with Crippen molar-refractivity contribution in [2.45, 2.75) is 53.1 Å². The molecule has 0 aliphatic heterocycles. The number of rotatable bonds is 6. The van der Waals surface area contributed by atoms with Crippen molar-refractivity contribution in [3.63, 3.8) is 0 Å². The second-order valence-electron chi connectivity index (χ2n) is 4.59. The van der Waals surface area contributed by atoms with Crippen LogP contribution in [0.4, 0.5) is 0 Å². The van der Waals surface area contributed by atoms with Gasteiger partial charge >= 0.3 is 5.97 Å². The number of ether oxygens (including phenoxy) is 1. The lowest BCUT2D eigenvalue weighted by atomic mass is 10.2. The van der Waals surface area contributed by atoms with Crippen LogP contribution in [0.1, 0.15) is 41.0 Å². The summed E-state index contributed by atoms with van der Waals surface area (Å²) in [6.45, 7) is 11.5. The van der Waals surface area contributed by atoms with E-state index in [-0.39, 0.29) is 5.97 Å². The summed E-state index contributed by atoms with van der Waals surface area (Å²) in [7, 11) is 1.41. The topological polar surface area (TPSA) is 29.5 Å². The molecule has 0 aromatic rings. The first kappa shape index (κ1) is 15.2. The van der Waals surface area contributed by atoms with E-state index in [1.54, 1.807) is 6.92 Å². The van der Waals surface area contributed by atoms with Gasteiger partial charge in [-0.2, -0.15) is 0 Å². The predicted octanol–water partition coefficient (Wildman–Crippen LogP) is 2.61. The van der Waals surface area contributed by atoms with Gasteiger partial charge in [-0.3, -0.25) is 4.90 Å². The van der Waals surface area contributed by atoms with Crippen LogP contribution in [-0.2, 0) is 9.53 Å². The van der Waals surface area contributed by atoms with E-state index in [4.69, 9.17) is 0 Å². The summed E-state index contributed by atoms with van der Waals surface area (Å²) in [6, 6.07) is 1.07. The average Bonchev–Trinajstić information content (AvgIpc) is 2.21. The molecule has 94 valence electrons. The summed E-state index contributed by atoms with van der Waals surface area (Å²) in [4.78, 5) is 13.6. The molecule has 0 saturated carbocycles. The Labute approximate surface area is 99.5 Å². The van der Waals surface area contributed by atoms with Crippen molar-refractivity contribution >= 4 is 5.97 Å². The SMILES string of the molecule is COC(=O)C(C)=CCCN(C(C)C)C(C)C. The molecule has 3 nitrogen and oxygen atoms in total. The molecule has 3 heteroatoms. The molecule has 0 N–H and O–H groups in total. The minimum absolute atomic E-state index is 0.236. The van der Waals surface area contributed by atoms with Crippen molar-refractivity contribution in [3.8, 4) is 0 Å². The highest BCUT2D eigenvalue weighted by atomic mass is 16.5. The maximum atomic E-state index is 11.2. The van der Waals surface area contributed by atoms with Crippen LogP contribution in [0.5, 0.6) is 0 Å². The Bertz CT molecular complexity index is 236. The molecule has 0 fully saturated rings. The fourth-order valence-corrected chi connectivity index (χ4v) is 1.79. The summed E-state index contributed by atoms with van der Waals surface area (Å²) >= 11 is 0. The van der Waals surface area contributed by atoms with Gasteiger partial charge in [0.05, 0.1) is 7.11 Å². The Morgan fingerprint density at radius 1 is 1.25 bits per heavy atom. The number of methoxy groups -OCH3 is 1. The number of nitrogens with zero attached hydrogens (tertiary/aromatic N) is 1. The average molecular weight is 227 g/mol. The van der Waals surface area contributed by atoms with Crippen LogP contribution >= 0.6 is 0 Å². The molecule has 0 saturated heterocycles. The highest BCUT2D eigenvalue weighted by Crippen LogP contribution is 2.07. The zero-order chi connectivity index (χ0) is 12.7. The van der Waals surface area contributed by atoms with Crippen LogP contribution in [0, 0.1) is 0 Å². The van der Waals surface area contributed by atoms with Crippen LogP contribution in [-0.4, -0.2) is 36.6 Å². The molecule has 0 amide bonds. The van der Waals surface area contributed by atoms with Crippen molar-refractivity contribution in [1.29, 1.82) is 0 Å². The first-order chi connectivity index (χ1) is 7.40. The standard InChI is InChI=1S/C13H25NO2/c1-10(2)14(11(3)4)9-7-8-12(5)13(15)16-6/h8,10-11H,7,9H2,1-6H3. The van der Waals surface area contributed by atoms with Gasteiger partial charge < -0.3 is 4.74 Å². The van der Waals surface area contributed by atoms with E-state index in [1.807, 2.05) is 6.08 Å². The molecular formula is C13H25NO2. The second kappa shape index (κ2) is 7.44. The third kappa shape index (κ3) is 5.31. The zero-order valence-corrected chi connectivity index (χ0v) is 11.4. The van der Waals surface area contributed by atoms with Gasteiger partial charge in [-0.15, -0.1) is 0 Å². The van der Waals surface area contributed by atoms with Gasteiger partial charge in [0.1, 0.15) is 0 Å². The summed E-state index contributed by atoms with van der Waals surface area (Å²) in [5.41, 5.74) is 0.690. The van der Waals surface area contributed by atoms with E-state index in [0.717, 1.165) is 13.0 Å². The Morgan fingerprint density at radius 3 is 2.12 bits per heavy atom. The quantitative estimate of drug-likeness (QED) is 0.516. The second-order valence-corrected chi connectivity index (χ2v) is 4.59. The van der Waals surface area contributed by atoms with Crippen LogP contribution in [0.25, 0.3) is 0 Å². The first-order valence-corrected chi connectivity index (χ1v) is 5.91. The van der Waals surface area contributed by atoms with Crippen molar-refractivity contribution < 1.29 is 9.53 Å². The van der Waals surface area contributed by atoms with Crippen LogP contribution in [0.3, 0.4) is 0 Å². The van der Waals surface area contributed by atoms with Gasteiger partial charge in [-0.05, 0) is 41.0 Å². The number of carbonyl (C=O) groups excluding carboxylic acids is 1. The van der Waals surface area contributed by atoms with Gasteiger partial charge in [0.25, 0.3) is 0 Å². The number of esters is 1. The van der Waals surface area contributed by atoms with Gasteiger partial charge in [0.15, 0.2) is 0 Å². The lowest BCUT2D eigenvalue weighted by Crippen LogP contribution is -2.37. The monoisotopic (exact) mass is 227 g/mol. The van der Waals surface area contributed by atoms with E-state index in [0.29, 0.717) is 17.7 Å². The molecule has 0 rings (SSSR count). The summed E-state index contributed by atoms with van der Waals surface area (Å²) in [5.74, 6) is -0.236. The van der Waals surface area contributed by atoms with E-state index < -0.39 is 0 Å². The predicted molar refractivity (Wildman–Crippen MR) is 67.4 cm³/mol. The molecule has 0 unspecified atom stereocenters. The molecule has 0 radical (unpaired) electrons. The zero-order valence-electron chi connectivity index (χ0n) is 11.4. The molecular weight excluding hydrogens is 202 g/mol. The summed E-state index contributed by atoms with van der Waals surface area (Å²) < 4.78 is 4.64. The molecule has 0 aliphatic rings. The van der Waals surface area contributed by atoms with Crippen LogP contribution in [0.2, 0.25) is 0 Å². The fourth-order valence-electron chi connectivity index (χ4n) is 1.79. The first-order valence-electron chi connectivity index (χ1n) is 5.91. The molecule has 0 aromatic carbocycles. The van der Waals surface area contributed by atoms with Crippen molar-refractivity contribution in [3.05, 3.63) is 11.6 Å². The van der Waals surface area contributed by atoms with E-state index >= 15 is 0 Å². The Hall–Kier alpha value is -0.830. The fraction of sp³-hybridized carbons (Fsp3) is 0.769. The van der Waals surface area contributed by atoms with Crippen molar-refractivity contribution in [2.24, 2.45) is 0 Å². The van der Waals surface area contributed by atoms with Crippen molar-refractivity contribution in [1.82, 2.24) is 4.90 Å². The van der Waals surface area contributed by atoms with Crippen LogP contribution in [0.15, 0.2) is 11.6 Å². The van der Waals surface area contributed by atoms with Crippen LogP contribution < -0.4 is 0 Å². The third-order valence-corrected chi connectivity index (χ3v) is 2.67. The Morgan fingerprint density at radius 2 is 1.75 bits per heavy atom. The van der Waals surface area contributed by atoms with Crippen molar-refractivity contribution in [2.75, 3.05) is 13.7 Å². The molecule has 0 atom stereocenters. The number of hydrogen-bond donors (Lipinski definition) is 0. The smallest absolute Gasteiger partial charge is 0.333 e. The van der Waals surface area contributed by atoms with E-state index in [1.165, 1.54) is 7.11 Å². The lowest BCUT2D eigenvalue weighted by molar-refractivity contribution is -0.136. The maximum Gasteiger partial charge on any atom is 0.333 e. The van der Waals surface area contributed by atoms with Gasteiger partial charge in [0, 0.05) is 24.2 Å². The van der Waals surface area contributed by atoms with Gasteiger partial charge in [0.2, 0.25) is 0 Å². The Balaban J connectivity index is 4.18. The molecule has 0 heterocycles. The lowest BCUT2D eigenvalue weighted by Gasteiger charge is -2.30. The molecule has 0 aliphatic carbocycles. The highest BCUT2D eigenvalue weighted by molar-refractivity contribution is 5.87. The van der Waals surface area contributed by atoms with E-state index in [9.17, 15) is 4.79 Å². The Kier molecular flexibility index (Phi) is 7.06. The van der Waals surface area contributed by atoms with Gasteiger partial charge in [-0.1, -0.05) is 6.08 Å².